The summed E-state index contributed by atoms with van der Waals surface area (Å²) >= 11 is 0. The first-order valence-corrected chi connectivity index (χ1v) is 7.49. The van der Waals surface area contributed by atoms with E-state index in [1.807, 2.05) is 0 Å². The van der Waals surface area contributed by atoms with Crippen molar-refractivity contribution in [3.63, 3.8) is 0 Å². The van der Waals surface area contributed by atoms with Crippen LogP contribution in [0.15, 0.2) is 18.2 Å². The second kappa shape index (κ2) is 7.14. The fraction of sp³-hybridized carbons (Fsp3) is 0.625. The third-order valence-electron chi connectivity index (χ3n) is 4.26. The molecule has 1 N–H and O–H groups in total. The topological polar surface area (TPSA) is 15.3 Å². The summed E-state index contributed by atoms with van der Waals surface area (Å²) < 4.78 is 26.1. The molecule has 1 fully saturated rings. The van der Waals surface area contributed by atoms with Gasteiger partial charge in [0, 0.05) is 12.6 Å². The van der Waals surface area contributed by atoms with Crippen LogP contribution in [0.25, 0.3) is 0 Å². The van der Waals surface area contributed by atoms with Crippen molar-refractivity contribution in [2.45, 2.75) is 39.3 Å². The summed E-state index contributed by atoms with van der Waals surface area (Å²) in [6.45, 7) is 8.16. The molecule has 1 aliphatic rings. The van der Waals surface area contributed by atoms with E-state index in [-0.39, 0.29) is 0 Å². The standard InChI is InChI=1S/C16H24F2N2/c1-3-19-12(2)14-6-8-20(9-7-14)11-13-4-5-15(17)16(18)10-13/h4-5,10,12,14,19H,3,6-9,11H2,1-2H3. The Morgan fingerprint density at radius 2 is 1.95 bits per heavy atom. The zero-order valence-corrected chi connectivity index (χ0v) is 12.3. The van der Waals surface area contributed by atoms with Crippen LogP contribution in [0.5, 0.6) is 0 Å². The lowest BCUT2D eigenvalue weighted by Gasteiger charge is -2.35. The number of likely N-dealkylation sites (tertiary alicyclic amines) is 1. The zero-order valence-electron chi connectivity index (χ0n) is 12.3. The van der Waals surface area contributed by atoms with Crippen molar-refractivity contribution < 1.29 is 8.78 Å². The van der Waals surface area contributed by atoms with E-state index in [4.69, 9.17) is 0 Å². The van der Waals surface area contributed by atoms with E-state index in [2.05, 4.69) is 24.1 Å². The quantitative estimate of drug-likeness (QED) is 0.892. The molecule has 0 aromatic heterocycles. The van der Waals surface area contributed by atoms with Gasteiger partial charge in [-0.05, 0) is 63.0 Å². The molecular weight excluding hydrogens is 258 g/mol. The zero-order chi connectivity index (χ0) is 14.5. The molecule has 2 rings (SSSR count). The maximum atomic E-state index is 13.2. The molecule has 1 aromatic carbocycles. The Kier molecular flexibility index (Phi) is 5.49. The minimum atomic E-state index is -0.771. The van der Waals surface area contributed by atoms with Crippen molar-refractivity contribution in [2.75, 3.05) is 19.6 Å². The van der Waals surface area contributed by atoms with Gasteiger partial charge in [-0.3, -0.25) is 4.90 Å². The van der Waals surface area contributed by atoms with Crippen LogP contribution < -0.4 is 5.32 Å². The number of nitrogens with zero attached hydrogens (tertiary/aromatic N) is 1. The lowest BCUT2D eigenvalue weighted by molar-refractivity contribution is 0.157. The summed E-state index contributed by atoms with van der Waals surface area (Å²) in [4.78, 5) is 2.32. The van der Waals surface area contributed by atoms with Gasteiger partial charge in [-0.1, -0.05) is 13.0 Å². The fourth-order valence-corrected chi connectivity index (χ4v) is 3.00. The summed E-state index contributed by atoms with van der Waals surface area (Å²) in [5, 5.41) is 3.48. The van der Waals surface area contributed by atoms with Gasteiger partial charge in [0.05, 0.1) is 0 Å². The molecule has 1 aromatic rings. The van der Waals surface area contributed by atoms with Crippen molar-refractivity contribution in [2.24, 2.45) is 5.92 Å². The van der Waals surface area contributed by atoms with Crippen LogP contribution in [0, 0.1) is 17.6 Å². The molecule has 0 aliphatic carbocycles. The highest BCUT2D eigenvalue weighted by Gasteiger charge is 2.23. The third-order valence-corrected chi connectivity index (χ3v) is 4.26. The van der Waals surface area contributed by atoms with Crippen molar-refractivity contribution in [1.29, 1.82) is 0 Å². The van der Waals surface area contributed by atoms with Crippen molar-refractivity contribution >= 4 is 0 Å². The Labute approximate surface area is 120 Å². The highest BCUT2D eigenvalue weighted by molar-refractivity contribution is 5.17. The number of rotatable bonds is 5. The molecule has 20 heavy (non-hydrogen) atoms. The monoisotopic (exact) mass is 282 g/mol. The molecule has 0 bridgehead atoms. The van der Waals surface area contributed by atoms with Gasteiger partial charge in [0.15, 0.2) is 11.6 Å². The number of hydrogen-bond donors (Lipinski definition) is 1. The molecule has 1 saturated heterocycles. The van der Waals surface area contributed by atoms with E-state index in [0.29, 0.717) is 12.6 Å². The van der Waals surface area contributed by atoms with Crippen LogP contribution in [-0.2, 0) is 6.54 Å². The molecular formula is C16H24F2N2. The van der Waals surface area contributed by atoms with Gasteiger partial charge in [-0.25, -0.2) is 8.78 Å². The van der Waals surface area contributed by atoms with Crippen LogP contribution in [-0.4, -0.2) is 30.6 Å². The Morgan fingerprint density at radius 1 is 1.25 bits per heavy atom. The molecule has 1 unspecified atom stereocenters. The predicted molar refractivity (Wildman–Crippen MR) is 77.5 cm³/mol. The molecule has 4 heteroatoms. The van der Waals surface area contributed by atoms with Crippen LogP contribution in [0.1, 0.15) is 32.3 Å². The van der Waals surface area contributed by atoms with Crippen LogP contribution >= 0.6 is 0 Å². The minimum Gasteiger partial charge on any atom is -0.314 e. The molecule has 2 nitrogen and oxygen atoms in total. The van der Waals surface area contributed by atoms with Gasteiger partial charge in [0.25, 0.3) is 0 Å². The van der Waals surface area contributed by atoms with E-state index in [1.54, 1.807) is 6.07 Å². The number of halogens is 2. The molecule has 112 valence electrons. The smallest absolute Gasteiger partial charge is 0.159 e. The van der Waals surface area contributed by atoms with Crippen LogP contribution in [0.4, 0.5) is 8.78 Å². The Morgan fingerprint density at radius 3 is 2.55 bits per heavy atom. The first kappa shape index (κ1) is 15.4. The molecule has 1 heterocycles. The van der Waals surface area contributed by atoms with Crippen molar-refractivity contribution in [3.8, 4) is 0 Å². The summed E-state index contributed by atoms with van der Waals surface area (Å²) in [5.74, 6) is -0.804. The predicted octanol–water partition coefficient (Wildman–Crippen LogP) is 3.17. The van der Waals surface area contributed by atoms with Crippen LogP contribution in [0.3, 0.4) is 0 Å². The van der Waals surface area contributed by atoms with E-state index >= 15 is 0 Å². The Hall–Kier alpha value is -1.00. The molecule has 0 saturated carbocycles. The lowest BCUT2D eigenvalue weighted by Crippen LogP contribution is -2.41. The van der Waals surface area contributed by atoms with E-state index < -0.39 is 11.6 Å². The number of hydrogen-bond acceptors (Lipinski definition) is 2. The molecule has 0 spiro atoms. The first-order chi connectivity index (χ1) is 9.60. The van der Waals surface area contributed by atoms with Crippen LogP contribution in [0.2, 0.25) is 0 Å². The van der Waals surface area contributed by atoms with E-state index in [0.717, 1.165) is 44.0 Å². The van der Waals surface area contributed by atoms with Crippen molar-refractivity contribution in [1.82, 2.24) is 10.2 Å². The minimum absolute atomic E-state index is 0.561. The SMILES string of the molecule is CCNC(C)C1CCN(Cc2ccc(F)c(F)c2)CC1. The normalized spacial score (nSPS) is 19.2. The van der Waals surface area contributed by atoms with Gasteiger partial charge in [0.2, 0.25) is 0 Å². The van der Waals surface area contributed by atoms with Gasteiger partial charge in [0.1, 0.15) is 0 Å². The highest BCUT2D eigenvalue weighted by atomic mass is 19.2. The first-order valence-electron chi connectivity index (χ1n) is 7.49. The second-order valence-electron chi connectivity index (χ2n) is 5.71. The van der Waals surface area contributed by atoms with Gasteiger partial charge < -0.3 is 5.32 Å². The molecule has 0 radical (unpaired) electrons. The summed E-state index contributed by atoms with van der Waals surface area (Å²) in [7, 11) is 0. The highest BCUT2D eigenvalue weighted by Crippen LogP contribution is 2.22. The summed E-state index contributed by atoms with van der Waals surface area (Å²) in [6.07, 6.45) is 2.33. The van der Waals surface area contributed by atoms with Gasteiger partial charge in [-0.2, -0.15) is 0 Å². The maximum Gasteiger partial charge on any atom is 0.159 e. The third kappa shape index (κ3) is 4.00. The van der Waals surface area contributed by atoms with Gasteiger partial charge >= 0.3 is 0 Å². The average molecular weight is 282 g/mol. The fourth-order valence-electron chi connectivity index (χ4n) is 3.00. The Bertz CT molecular complexity index is 428. The summed E-state index contributed by atoms with van der Waals surface area (Å²) in [5.41, 5.74) is 0.849. The number of nitrogens with one attached hydrogen (secondary N) is 1. The second-order valence-corrected chi connectivity index (χ2v) is 5.71. The molecule has 1 atom stereocenters. The summed E-state index contributed by atoms with van der Waals surface area (Å²) in [6, 6.07) is 4.75. The number of piperidine rings is 1. The van der Waals surface area contributed by atoms with E-state index in [9.17, 15) is 8.78 Å². The van der Waals surface area contributed by atoms with Gasteiger partial charge in [-0.15, -0.1) is 0 Å². The Balaban J connectivity index is 1.83. The lowest BCUT2D eigenvalue weighted by atomic mass is 9.90. The average Bonchev–Trinajstić information content (AvgIpc) is 2.44. The maximum absolute atomic E-state index is 13.2. The number of benzene rings is 1. The van der Waals surface area contributed by atoms with E-state index in [1.165, 1.54) is 12.1 Å². The molecule has 1 aliphatic heterocycles. The molecule has 0 amide bonds. The largest absolute Gasteiger partial charge is 0.314 e. The van der Waals surface area contributed by atoms with Crippen molar-refractivity contribution in [3.05, 3.63) is 35.4 Å².